The molecule has 0 spiro atoms. The Bertz CT molecular complexity index is 1230. The van der Waals surface area contributed by atoms with Gasteiger partial charge in [0.15, 0.2) is 17.0 Å². The second-order valence-corrected chi connectivity index (χ2v) is 6.37. The van der Waals surface area contributed by atoms with Crippen molar-refractivity contribution in [1.29, 1.82) is 0 Å². The molecule has 2 heterocycles. The molecule has 0 aliphatic carbocycles. The van der Waals surface area contributed by atoms with Crippen molar-refractivity contribution < 1.29 is 24.6 Å². The van der Waals surface area contributed by atoms with Gasteiger partial charge in [-0.05, 0) is 30.7 Å². The maximum Gasteiger partial charge on any atom is 0.326 e. The number of nitrogens with zero attached hydrogens (tertiary/aromatic N) is 3. The number of H-pyrrole nitrogens is 2. The number of amides is 1. The van der Waals surface area contributed by atoms with Crippen molar-refractivity contribution in [2.75, 3.05) is 5.73 Å². The molecule has 0 radical (unpaired) electrons. The van der Waals surface area contributed by atoms with E-state index in [1.54, 1.807) is 0 Å². The van der Waals surface area contributed by atoms with E-state index in [0.29, 0.717) is 5.69 Å². The Morgan fingerprint density at radius 3 is 2.52 bits per heavy atom. The lowest BCUT2D eigenvalue weighted by Crippen LogP contribution is -2.41. The van der Waals surface area contributed by atoms with Gasteiger partial charge in [0.05, 0.1) is 11.9 Å². The van der Waals surface area contributed by atoms with Crippen molar-refractivity contribution in [2.45, 2.75) is 18.9 Å². The van der Waals surface area contributed by atoms with Crippen LogP contribution < -0.4 is 16.6 Å². The summed E-state index contributed by atoms with van der Waals surface area (Å²) in [6.45, 7) is 0. The normalized spacial score (nSPS) is 12.1. The van der Waals surface area contributed by atoms with E-state index in [-0.39, 0.29) is 41.3 Å². The van der Waals surface area contributed by atoms with E-state index in [1.807, 2.05) is 0 Å². The first-order valence-electron chi connectivity index (χ1n) is 8.88. The van der Waals surface area contributed by atoms with Gasteiger partial charge in [0.25, 0.3) is 11.5 Å². The molecule has 160 valence electrons. The number of hydrogen-bond donors (Lipinski definition) is 6. The molecule has 1 amide bonds. The molecule has 1 atom stereocenters. The fraction of sp³-hybridized carbons (Fsp3) is 0.167. The summed E-state index contributed by atoms with van der Waals surface area (Å²) in [6, 6.07) is 4.59. The number of aromatic nitrogens is 4. The van der Waals surface area contributed by atoms with Crippen LogP contribution in [0.1, 0.15) is 29.0 Å². The van der Waals surface area contributed by atoms with Gasteiger partial charge in [-0.3, -0.25) is 24.4 Å². The van der Waals surface area contributed by atoms with Crippen LogP contribution >= 0.6 is 0 Å². The first-order valence-corrected chi connectivity index (χ1v) is 8.88. The highest BCUT2D eigenvalue weighted by Crippen LogP contribution is 2.14. The van der Waals surface area contributed by atoms with Gasteiger partial charge in [0, 0.05) is 12.0 Å². The van der Waals surface area contributed by atoms with Gasteiger partial charge in [0.2, 0.25) is 5.95 Å². The number of nitrogen functional groups attached to an aromatic ring is 1. The number of carboxylic acids is 2. The van der Waals surface area contributed by atoms with E-state index in [4.69, 9.17) is 15.9 Å². The Hall–Kier alpha value is -4.55. The van der Waals surface area contributed by atoms with E-state index >= 15 is 0 Å². The summed E-state index contributed by atoms with van der Waals surface area (Å²) in [5.74, 6) is -2.93. The van der Waals surface area contributed by atoms with Crippen molar-refractivity contribution >= 4 is 46.9 Å². The molecule has 0 fully saturated rings. The topological polar surface area (TPSA) is 217 Å². The summed E-state index contributed by atoms with van der Waals surface area (Å²) in [7, 11) is 0. The summed E-state index contributed by atoms with van der Waals surface area (Å²) in [6.07, 6.45) is 0.735. The SMILES string of the molecule is Nc1nc2nc(C=Nc3ccc(C(=O)N[C@@H](CCC(=O)O)C(=O)O)cc3)[nH]c2c(=O)[nH]1. The number of carboxylic acid groups (broad SMARTS) is 2. The van der Waals surface area contributed by atoms with E-state index in [0.717, 1.165) is 0 Å². The predicted molar refractivity (Wildman–Crippen MR) is 108 cm³/mol. The van der Waals surface area contributed by atoms with Crippen LogP contribution in [0.4, 0.5) is 11.6 Å². The van der Waals surface area contributed by atoms with Crippen molar-refractivity contribution in [3.8, 4) is 0 Å². The highest BCUT2D eigenvalue weighted by Gasteiger charge is 2.21. The van der Waals surface area contributed by atoms with Crippen molar-refractivity contribution in [2.24, 2.45) is 4.99 Å². The Morgan fingerprint density at radius 1 is 1.16 bits per heavy atom. The molecule has 31 heavy (non-hydrogen) atoms. The summed E-state index contributed by atoms with van der Waals surface area (Å²) in [5.41, 5.74) is 5.93. The average molecular weight is 427 g/mol. The Morgan fingerprint density at radius 2 is 1.87 bits per heavy atom. The van der Waals surface area contributed by atoms with Gasteiger partial charge >= 0.3 is 11.9 Å². The molecule has 0 unspecified atom stereocenters. The van der Waals surface area contributed by atoms with Gasteiger partial charge in [0.1, 0.15) is 6.04 Å². The Balaban J connectivity index is 1.69. The number of carbonyl (C=O) groups excluding carboxylic acids is 1. The van der Waals surface area contributed by atoms with Gasteiger partial charge in [-0.15, -0.1) is 0 Å². The highest BCUT2D eigenvalue weighted by atomic mass is 16.4. The number of hydrogen-bond acceptors (Lipinski definition) is 8. The van der Waals surface area contributed by atoms with E-state index in [1.165, 1.54) is 30.5 Å². The molecule has 13 nitrogen and oxygen atoms in total. The predicted octanol–water partition coefficient (Wildman–Crippen LogP) is 0.0268. The number of carbonyl (C=O) groups is 3. The lowest BCUT2D eigenvalue weighted by molar-refractivity contribution is -0.140. The fourth-order valence-corrected chi connectivity index (χ4v) is 2.60. The largest absolute Gasteiger partial charge is 0.481 e. The quantitative estimate of drug-likeness (QED) is 0.267. The number of nitrogens with one attached hydrogen (secondary N) is 3. The number of anilines is 1. The van der Waals surface area contributed by atoms with Crippen LogP contribution in [0.2, 0.25) is 0 Å². The number of aliphatic carboxylic acids is 2. The minimum absolute atomic E-state index is 0.0607. The lowest BCUT2D eigenvalue weighted by Gasteiger charge is -2.13. The second kappa shape index (κ2) is 8.86. The highest BCUT2D eigenvalue weighted by molar-refractivity contribution is 5.97. The molecule has 0 saturated carbocycles. The summed E-state index contributed by atoms with van der Waals surface area (Å²) in [5, 5.41) is 20.1. The van der Waals surface area contributed by atoms with Crippen molar-refractivity contribution in [3.05, 3.63) is 46.0 Å². The number of fused-ring (bicyclic) bond motifs is 1. The van der Waals surface area contributed by atoms with E-state index in [2.05, 4.69) is 30.2 Å². The molecule has 2 aromatic heterocycles. The Labute approximate surface area is 173 Å². The lowest BCUT2D eigenvalue weighted by atomic mass is 10.1. The third kappa shape index (κ3) is 5.29. The van der Waals surface area contributed by atoms with Crippen molar-refractivity contribution in [1.82, 2.24) is 25.3 Å². The first kappa shape index (κ1) is 21.2. The Kier molecular flexibility index (Phi) is 6.05. The number of nitrogens with two attached hydrogens (primary N) is 1. The number of aliphatic imine (C=N–C) groups is 1. The smallest absolute Gasteiger partial charge is 0.326 e. The maximum atomic E-state index is 12.2. The fourth-order valence-electron chi connectivity index (χ4n) is 2.60. The third-order valence-corrected chi connectivity index (χ3v) is 4.11. The van der Waals surface area contributed by atoms with Gasteiger partial charge in [-0.1, -0.05) is 0 Å². The van der Waals surface area contributed by atoms with Gasteiger partial charge < -0.3 is 26.2 Å². The zero-order valence-electron chi connectivity index (χ0n) is 15.8. The van der Waals surface area contributed by atoms with Crippen LogP contribution in [0.25, 0.3) is 11.2 Å². The van der Waals surface area contributed by atoms with E-state index in [9.17, 15) is 19.2 Å². The average Bonchev–Trinajstić information content (AvgIpc) is 3.12. The van der Waals surface area contributed by atoms with Crippen LogP contribution in [0.5, 0.6) is 0 Å². The zero-order valence-corrected chi connectivity index (χ0v) is 15.8. The third-order valence-electron chi connectivity index (χ3n) is 4.11. The van der Waals surface area contributed by atoms with Crippen molar-refractivity contribution in [3.63, 3.8) is 0 Å². The molecule has 13 heteroatoms. The number of aromatic amines is 2. The standard InChI is InChI=1S/C18H17N7O6/c19-18-24-14-13(16(29)25-18)22-11(23-14)7-20-9-3-1-8(2-4-9)15(28)21-10(17(30)31)5-6-12(26)27/h1-4,7,10H,5-6H2,(H,21,28)(H,26,27)(H,30,31)(H4,19,22,23,24,25,29)/t10-/m0/s1. The molecule has 0 bridgehead atoms. The molecular formula is C18H17N7O6. The number of benzene rings is 1. The molecular weight excluding hydrogens is 410 g/mol. The van der Waals surface area contributed by atoms with Gasteiger partial charge in [-0.2, -0.15) is 4.98 Å². The van der Waals surface area contributed by atoms with Crippen LogP contribution in [0, 0.1) is 0 Å². The van der Waals surface area contributed by atoms with Crippen LogP contribution in [-0.4, -0.2) is 60.3 Å². The number of imidazole rings is 1. The minimum atomic E-state index is -1.32. The first-order chi connectivity index (χ1) is 14.7. The number of rotatable bonds is 8. The molecule has 0 aliphatic rings. The zero-order chi connectivity index (χ0) is 22.5. The van der Waals surface area contributed by atoms with Crippen LogP contribution in [0.3, 0.4) is 0 Å². The summed E-state index contributed by atoms with van der Waals surface area (Å²) < 4.78 is 0. The van der Waals surface area contributed by atoms with E-state index < -0.39 is 29.4 Å². The molecule has 0 aliphatic heterocycles. The molecule has 0 saturated heterocycles. The second-order valence-electron chi connectivity index (χ2n) is 6.37. The summed E-state index contributed by atoms with van der Waals surface area (Å²) in [4.78, 5) is 63.1. The molecule has 3 rings (SSSR count). The summed E-state index contributed by atoms with van der Waals surface area (Å²) >= 11 is 0. The maximum absolute atomic E-state index is 12.2. The van der Waals surface area contributed by atoms with Crippen LogP contribution in [-0.2, 0) is 9.59 Å². The molecule has 1 aromatic carbocycles. The molecule has 7 N–H and O–H groups in total. The monoisotopic (exact) mass is 427 g/mol. The van der Waals surface area contributed by atoms with Crippen LogP contribution in [0.15, 0.2) is 34.1 Å². The van der Waals surface area contributed by atoms with Gasteiger partial charge in [-0.25, -0.2) is 9.78 Å². The minimum Gasteiger partial charge on any atom is -0.481 e. The molecule has 3 aromatic rings.